The van der Waals surface area contributed by atoms with Gasteiger partial charge in [0.15, 0.2) is 17.5 Å². The fourth-order valence-corrected chi connectivity index (χ4v) is 2.20. The third-order valence-electron chi connectivity index (χ3n) is 3.27. The molecule has 1 aromatic heterocycles. The highest BCUT2D eigenvalue weighted by Crippen LogP contribution is 2.37. The quantitative estimate of drug-likeness (QED) is 0.919. The fourth-order valence-electron chi connectivity index (χ4n) is 2.20. The Labute approximate surface area is 108 Å². The first-order chi connectivity index (χ1) is 9.20. The highest BCUT2D eigenvalue weighted by molar-refractivity contribution is 5.23. The standard InChI is InChI=1S/C13H13F2N3O/c14-10-3-1-2-8(13(10)15)6-11-16-17-12(7-19)18(11)9-4-5-9/h1-3,9,19H,4-7H2. The Bertz CT molecular complexity index is 608. The molecule has 3 rings (SSSR count). The molecule has 100 valence electrons. The molecular formula is C13H13F2N3O. The lowest BCUT2D eigenvalue weighted by Crippen LogP contribution is -2.07. The number of aliphatic hydroxyl groups is 1. The molecule has 6 heteroatoms. The molecule has 1 saturated carbocycles. The van der Waals surface area contributed by atoms with Gasteiger partial charge in [-0.15, -0.1) is 10.2 Å². The van der Waals surface area contributed by atoms with Crippen molar-refractivity contribution in [1.29, 1.82) is 0 Å². The van der Waals surface area contributed by atoms with Crippen molar-refractivity contribution < 1.29 is 13.9 Å². The molecular weight excluding hydrogens is 252 g/mol. The first-order valence-corrected chi connectivity index (χ1v) is 6.17. The van der Waals surface area contributed by atoms with Crippen molar-refractivity contribution in [1.82, 2.24) is 14.8 Å². The van der Waals surface area contributed by atoms with E-state index in [1.807, 2.05) is 4.57 Å². The fraction of sp³-hybridized carbons (Fsp3) is 0.385. The van der Waals surface area contributed by atoms with Crippen molar-refractivity contribution in [3.63, 3.8) is 0 Å². The Kier molecular flexibility index (Phi) is 3.02. The Hall–Kier alpha value is -1.82. The summed E-state index contributed by atoms with van der Waals surface area (Å²) in [7, 11) is 0. The van der Waals surface area contributed by atoms with Crippen molar-refractivity contribution in [2.24, 2.45) is 0 Å². The maximum Gasteiger partial charge on any atom is 0.162 e. The van der Waals surface area contributed by atoms with Crippen LogP contribution in [0.3, 0.4) is 0 Å². The first-order valence-electron chi connectivity index (χ1n) is 6.17. The molecule has 0 atom stereocenters. The number of nitrogens with zero attached hydrogens (tertiary/aromatic N) is 3. The molecule has 0 unspecified atom stereocenters. The molecule has 19 heavy (non-hydrogen) atoms. The Balaban J connectivity index is 1.95. The van der Waals surface area contributed by atoms with Crippen molar-refractivity contribution in [3.8, 4) is 0 Å². The highest BCUT2D eigenvalue weighted by Gasteiger charge is 2.29. The van der Waals surface area contributed by atoms with Gasteiger partial charge in [-0.05, 0) is 24.5 Å². The molecule has 1 N–H and O–H groups in total. The van der Waals surface area contributed by atoms with E-state index in [0.717, 1.165) is 18.9 Å². The third-order valence-corrected chi connectivity index (χ3v) is 3.27. The van der Waals surface area contributed by atoms with Gasteiger partial charge in [-0.3, -0.25) is 0 Å². The molecule has 0 spiro atoms. The average molecular weight is 265 g/mol. The van der Waals surface area contributed by atoms with Gasteiger partial charge >= 0.3 is 0 Å². The average Bonchev–Trinajstić information content (AvgIpc) is 3.16. The minimum absolute atomic E-state index is 0.174. The predicted molar refractivity (Wildman–Crippen MR) is 63.4 cm³/mol. The smallest absolute Gasteiger partial charge is 0.162 e. The zero-order valence-corrected chi connectivity index (χ0v) is 10.2. The molecule has 1 aliphatic carbocycles. The molecule has 1 aromatic carbocycles. The lowest BCUT2D eigenvalue weighted by Gasteiger charge is -2.08. The summed E-state index contributed by atoms with van der Waals surface area (Å²) >= 11 is 0. The van der Waals surface area contributed by atoms with Gasteiger partial charge in [0.25, 0.3) is 0 Å². The number of aliphatic hydroxyl groups excluding tert-OH is 1. The summed E-state index contributed by atoms with van der Waals surface area (Å²) in [6.07, 6.45) is 2.18. The Morgan fingerprint density at radius 3 is 2.63 bits per heavy atom. The number of benzene rings is 1. The lowest BCUT2D eigenvalue weighted by atomic mass is 10.1. The van der Waals surface area contributed by atoms with E-state index in [4.69, 9.17) is 0 Å². The van der Waals surface area contributed by atoms with Crippen LogP contribution in [0.2, 0.25) is 0 Å². The van der Waals surface area contributed by atoms with E-state index in [-0.39, 0.29) is 24.6 Å². The van der Waals surface area contributed by atoms with E-state index in [2.05, 4.69) is 10.2 Å². The molecule has 2 aromatic rings. The maximum atomic E-state index is 13.6. The van der Waals surface area contributed by atoms with Crippen molar-refractivity contribution in [2.45, 2.75) is 31.9 Å². The van der Waals surface area contributed by atoms with Gasteiger partial charge in [-0.1, -0.05) is 12.1 Å². The second-order valence-corrected chi connectivity index (χ2v) is 4.68. The van der Waals surface area contributed by atoms with Crippen molar-refractivity contribution >= 4 is 0 Å². The van der Waals surface area contributed by atoms with Crippen LogP contribution in [-0.4, -0.2) is 19.9 Å². The van der Waals surface area contributed by atoms with Gasteiger partial charge in [-0.25, -0.2) is 8.78 Å². The molecule has 0 bridgehead atoms. The molecule has 0 aliphatic heterocycles. The highest BCUT2D eigenvalue weighted by atomic mass is 19.2. The Morgan fingerprint density at radius 1 is 1.21 bits per heavy atom. The number of halogens is 2. The van der Waals surface area contributed by atoms with E-state index >= 15 is 0 Å². The second-order valence-electron chi connectivity index (χ2n) is 4.68. The molecule has 0 radical (unpaired) electrons. The number of hydrogen-bond donors (Lipinski definition) is 1. The van der Waals surface area contributed by atoms with Crippen LogP contribution >= 0.6 is 0 Å². The van der Waals surface area contributed by atoms with Gasteiger partial charge in [0, 0.05) is 12.5 Å². The van der Waals surface area contributed by atoms with Crippen LogP contribution in [0.25, 0.3) is 0 Å². The predicted octanol–water partition coefficient (Wildman–Crippen LogP) is 1.97. The van der Waals surface area contributed by atoms with Gasteiger partial charge < -0.3 is 9.67 Å². The van der Waals surface area contributed by atoms with Crippen LogP contribution in [0.5, 0.6) is 0 Å². The maximum absolute atomic E-state index is 13.6. The monoisotopic (exact) mass is 265 g/mol. The van der Waals surface area contributed by atoms with Crippen LogP contribution < -0.4 is 0 Å². The molecule has 0 saturated heterocycles. The van der Waals surface area contributed by atoms with Crippen LogP contribution in [0, 0.1) is 11.6 Å². The van der Waals surface area contributed by atoms with Gasteiger partial charge in [-0.2, -0.15) is 0 Å². The topological polar surface area (TPSA) is 50.9 Å². The summed E-state index contributed by atoms with van der Waals surface area (Å²) < 4.78 is 28.6. The summed E-state index contributed by atoms with van der Waals surface area (Å²) in [6.45, 7) is -0.199. The van der Waals surface area contributed by atoms with Gasteiger partial charge in [0.1, 0.15) is 12.4 Å². The summed E-state index contributed by atoms with van der Waals surface area (Å²) in [5.41, 5.74) is 0.249. The van der Waals surface area contributed by atoms with Crippen LogP contribution in [0.4, 0.5) is 8.78 Å². The lowest BCUT2D eigenvalue weighted by molar-refractivity contribution is 0.264. The second kappa shape index (κ2) is 4.70. The molecule has 1 heterocycles. The van der Waals surface area contributed by atoms with E-state index in [0.29, 0.717) is 11.6 Å². The normalized spacial score (nSPS) is 14.9. The summed E-state index contributed by atoms with van der Waals surface area (Å²) in [6, 6.07) is 4.37. The molecule has 0 amide bonds. The van der Waals surface area contributed by atoms with Gasteiger partial charge in [0.05, 0.1) is 0 Å². The van der Waals surface area contributed by atoms with Crippen LogP contribution in [-0.2, 0) is 13.0 Å². The van der Waals surface area contributed by atoms with Gasteiger partial charge in [0.2, 0.25) is 0 Å². The van der Waals surface area contributed by atoms with Crippen LogP contribution in [0.1, 0.15) is 36.1 Å². The van der Waals surface area contributed by atoms with E-state index in [1.54, 1.807) is 0 Å². The SMILES string of the molecule is OCc1nnc(Cc2cccc(F)c2F)n1C1CC1. The van der Waals surface area contributed by atoms with E-state index < -0.39 is 11.6 Å². The molecule has 1 fully saturated rings. The summed E-state index contributed by atoms with van der Waals surface area (Å²) in [5, 5.41) is 17.1. The van der Waals surface area contributed by atoms with E-state index in [1.165, 1.54) is 12.1 Å². The number of rotatable bonds is 4. The largest absolute Gasteiger partial charge is 0.388 e. The summed E-state index contributed by atoms with van der Waals surface area (Å²) in [4.78, 5) is 0. The first kappa shape index (κ1) is 12.2. The number of hydrogen-bond acceptors (Lipinski definition) is 3. The zero-order chi connectivity index (χ0) is 13.4. The Morgan fingerprint density at radius 2 is 1.95 bits per heavy atom. The minimum atomic E-state index is -0.864. The third kappa shape index (κ3) is 2.23. The van der Waals surface area contributed by atoms with E-state index in [9.17, 15) is 13.9 Å². The van der Waals surface area contributed by atoms with Crippen molar-refractivity contribution in [3.05, 3.63) is 47.0 Å². The number of aromatic nitrogens is 3. The van der Waals surface area contributed by atoms with Crippen molar-refractivity contribution in [2.75, 3.05) is 0 Å². The molecule has 4 nitrogen and oxygen atoms in total. The van der Waals surface area contributed by atoms with Crippen LogP contribution in [0.15, 0.2) is 18.2 Å². The minimum Gasteiger partial charge on any atom is -0.388 e. The zero-order valence-electron chi connectivity index (χ0n) is 10.2. The summed E-state index contributed by atoms with van der Waals surface area (Å²) in [5.74, 6) is -0.666. The molecule has 1 aliphatic rings.